The van der Waals surface area contributed by atoms with Crippen LogP contribution in [0.3, 0.4) is 0 Å². The molecule has 1 saturated heterocycles. The van der Waals surface area contributed by atoms with Gasteiger partial charge in [-0.25, -0.2) is 8.42 Å². The summed E-state index contributed by atoms with van der Waals surface area (Å²) < 4.78 is 33.1. The van der Waals surface area contributed by atoms with Gasteiger partial charge in [0.15, 0.2) is 0 Å². The number of benzene rings is 1. The van der Waals surface area contributed by atoms with Gasteiger partial charge in [-0.3, -0.25) is 4.84 Å². The van der Waals surface area contributed by atoms with Gasteiger partial charge < -0.3 is 10.3 Å². The van der Waals surface area contributed by atoms with E-state index in [-0.39, 0.29) is 57.5 Å². The van der Waals surface area contributed by atoms with Crippen LogP contribution in [0.1, 0.15) is 58.9 Å². The standard InChI is InChI=1S/C18H30N2O4S.Na/c1-13(14-6-8-16(9-7-14)25(21,22)23)12-24-20-17(2,3)10-15(19)11-18(20,4)5;/h6-9,13,15H,10-12,19H2,1-5H3,(H,21,22,23);/q;+1/p-1. The minimum Gasteiger partial charge on any atom is -0.744 e. The number of rotatable bonds is 5. The maximum absolute atomic E-state index is 11.0. The smallest absolute Gasteiger partial charge is 0.744 e. The molecule has 1 heterocycles. The molecule has 2 rings (SSSR count). The summed E-state index contributed by atoms with van der Waals surface area (Å²) in [4.78, 5) is 5.96. The molecule has 1 aromatic carbocycles. The van der Waals surface area contributed by atoms with Crippen molar-refractivity contribution in [3.05, 3.63) is 29.8 Å². The molecule has 1 aromatic rings. The second-order valence-corrected chi connectivity index (χ2v) is 9.69. The zero-order valence-corrected chi connectivity index (χ0v) is 19.5. The summed E-state index contributed by atoms with van der Waals surface area (Å²) in [6, 6.07) is 6.19. The van der Waals surface area contributed by atoms with Crippen LogP contribution in [0.2, 0.25) is 0 Å². The van der Waals surface area contributed by atoms with Crippen LogP contribution < -0.4 is 35.3 Å². The summed E-state index contributed by atoms with van der Waals surface area (Å²) in [7, 11) is -4.41. The molecule has 26 heavy (non-hydrogen) atoms. The Morgan fingerprint density at radius 1 is 1.19 bits per heavy atom. The predicted octanol–water partition coefficient (Wildman–Crippen LogP) is -0.390. The van der Waals surface area contributed by atoms with Gasteiger partial charge in [-0.15, -0.1) is 0 Å². The fourth-order valence-corrected chi connectivity index (χ4v) is 4.41. The minimum absolute atomic E-state index is 0. The summed E-state index contributed by atoms with van der Waals surface area (Å²) >= 11 is 0. The molecule has 0 radical (unpaired) electrons. The summed E-state index contributed by atoms with van der Waals surface area (Å²) in [6.45, 7) is 11.0. The molecule has 0 aromatic heterocycles. The molecular formula is C18H29N2NaO4S. The van der Waals surface area contributed by atoms with Crippen LogP contribution in [0.15, 0.2) is 29.2 Å². The second-order valence-electron chi connectivity index (χ2n) is 8.31. The monoisotopic (exact) mass is 392 g/mol. The third-order valence-electron chi connectivity index (χ3n) is 4.81. The van der Waals surface area contributed by atoms with Gasteiger partial charge in [0.1, 0.15) is 10.1 Å². The molecule has 0 bridgehead atoms. The first-order chi connectivity index (χ1) is 11.3. The van der Waals surface area contributed by atoms with E-state index < -0.39 is 10.1 Å². The van der Waals surface area contributed by atoms with Gasteiger partial charge in [0.05, 0.1) is 11.5 Å². The Kier molecular flexibility index (Phi) is 7.93. The third-order valence-corrected chi connectivity index (χ3v) is 5.66. The predicted molar refractivity (Wildman–Crippen MR) is 96.0 cm³/mol. The van der Waals surface area contributed by atoms with Crippen LogP contribution in [0.5, 0.6) is 0 Å². The zero-order valence-electron chi connectivity index (χ0n) is 16.7. The molecule has 2 N–H and O–H groups in total. The molecular weight excluding hydrogens is 363 g/mol. The van der Waals surface area contributed by atoms with Crippen molar-refractivity contribution < 1.29 is 47.4 Å². The molecule has 142 valence electrons. The fraction of sp³-hybridized carbons (Fsp3) is 0.667. The molecule has 0 aliphatic carbocycles. The quantitative estimate of drug-likeness (QED) is 0.542. The van der Waals surface area contributed by atoms with Gasteiger partial charge in [0.25, 0.3) is 0 Å². The molecule has 1 fully saturated rings. The van der Waals surface area contributed by atoms with Crippen LogP contribution in [-0.2, 0) is 15.0 Å². The molecule has 0 amide bonds. The fourth-order valence-electron chi connectivity index (χ4n) is 3.94. The number of nitrogens with two attached hydrogens (primary N) is 1. The van der Waals surface area contributed by atoms with Crippen molar-refractivity contribution in [3.8, 4) is 0 Å². The van der Waals surface area contributed by atoms with E-state index in [4.69, 9.17) is 10.6 Å². The Morgan fingerprint density at radius 3 is 2.08 bits per heavy atom. The van der Waals surface area contributed by atoms with Crippen molar-refractivity contribution in [1.82, 2.24) is 5.06 Å². The van der Waals surface area contributed by atoms with Crippen molar-refractivity contribution in [2.24, 2.45) is 5.73 Å². The first-order valence-corrected chi connectivity index (χ1v) is 9.98. The molecule has 1 atom stereocenters. The summed E-state index contributed by atoms with van der Waals surface area (Å²) in [5.41, 5.74) is 6.78. The minimum atomic E-state index is -4.41. The third kappa shape index (κ3) is 5.75. The van der Waals surface area contributed by atoms with Crippen LogP contribution in [0, 0.1) is 0 Å². The second kappa shape index (κ2) is 8.57. The molecule has 1 aliphatic heterocycles. The van der Waals surface area contributed by atoms with E-state index in [1.807, 2.05) is 6.92 Å². The SMILES string of the molecule is CC(CON1C(C)(C)CC(N)CC1(C)C)c1ccc(S(=O)(=O)[O-])cc1.[Na+]. The van der Waals surface area contributed by atoms with E-state index in [1.54, 1.807) is 12.1 Å². The zero-order chi connectivity index (χ0) is 19.0. The molecule has 0 spiro atoms. The van der Waals surface area contributed by atoms with E-state index in [0.29, 0.717) is 6.61 Å². The Hall–Kier alpha value is 0.01000. The van der Waals surface area contributed by atoms with Gasteiger partial charge in [-0.05, 0) is 58.2 Å². The molecule has 1 aliphatic rings. The maximum atomic E-state index is 11.0. The van der Waals surface area contributed by atoms with E-state index in [9.17, 15) is 13.0 Å². The summed E-state index contributed by atoms with van der Waals surface area (Å²) in [6.07, 6.45) is 1.72. The first kappa shape index (κ1) is 24.0. The van der Waals surface area contributed by atoms with Gasteiger partial charge in [-0.2, -0.15) is 5.06 Å². The van der Waals surface area contributed by atoms with Crippen molar-refractivity contribution in [1.29, 1.82) is 0 Å². The Bertz CT molecular complexity index is 686. The van der Waals surface area contributed by atoms with Crippen molar-refractivity contribution in [2.75, 3.05) is 6.61 Å². The van der Waals surface area contributed by atoms with Gasteiger partial charge in [-0.1, -0.05) is 19.1 Å². The van der Waals surface area contributed by atoms with Crippen LogP contribution in [0.4, 0.5) is 0 Å². The average Bonchev–Trinajstić information content (AvgIpc) is 2.43. The summed E-state index contributed by atoms with van der Waals surface area (Å²) in [5.74, 6) is 0.0607. The maximum Gasteiger partial charge on any atom is 1.00 e. The van der Waals surface area contributed by atoms with Crippen molar-refractivity contribution >= 4 is 10.1 Å². The van der Waals surface area contributed by atoms with Crippen molar-refractivity contribution in [2.45, 2.75) is 75.4 Å². The van der Waals surface area contributed by atoms with E-state index in [2.05, 4.69) is 32.8 Å². The average molecular weight is 392 g/mol. The molecule has 0 saturated carbocycles. The number of hydrogen-bond donors (Lipinski definition) is 1. The normalized spacial score (nSPS) is 21.8. The van der Waals surface area contributed by atoms with Crippen LogP contribution in [0.25, 0.3) is 0 Å². The molecule has 8 heteroatoms. The first-order valence-electron chi connectivity index (χ1n) is 8.58. The number of hydroxylamine groups is 2. The Morgan fingerprint density at radius 2 is 1.65 bits per heavy atom. The summed E-state index contributed by atoms with van der Waals surface area (Å²) in [5, 5.41) is 2.05. The molecule has 1 unspecified atom stereocenters. The van der Waals surface area contributed by atoms with Gasteiger partial charge in [0.2, 0.25) is 0 Å². The van der Waals surface area contributed by atoms with Gasteiger partial charge >= 0.3 is 29.6 Å². The van der Waals surface area contributed by atoms with Gasteiger partial charge in [0, 0.05) is 23.0 Å². The van der Waals surface area contributed by atoms with Crippen LogP contribution >= 0.6 is 0 Å². The van der Waals surface area contributed by atoms with Crippen molar-refractivity contribution in [3.63, 3.8) is 0 Å². The number of piperidine rings is 1. The molecule has 6 nitrogen and oxygen atoms in total. The van der Waals surface area contributed by atoms with Crippen LogP contribution in [-0.4, -0.2) is 41.8 Å². The number of nitrogens with zero attached hydrogens (tertiary/aromatic N) is 1. The Labute approximate surface area is 179 Å². The number of hydrogen-bond acceptors (Lipinski definition) is 6. The topological polar surface area (TPSA) is 95.7 Å². The van der Waals surface area contributed by atoms with E-state index in [1.165, 1.54) is 12.1 Å². The van der Waals surface area contributed by atoms with E-state index >= 15 is 0 Å². The van der Waals surface area contributed by atoms with E-state index in [0.717, 1.165) is 18.4 Å². The largest absolute Gasteiger partial charge is 1.00 e. The Balaban J connectivity index is 0.00000338.